The lowest BCUT2D eigenvalue weighted by atomic mass is 9.92. The van der Waals surface area contributed by atoms with E-state index in [2.05, 4.69) is 11.8 Å². The standard InChI is InChI=1S/C23H27N3O2/c1-3-18-9-11-19(12-10-18)22(28)25-14-13-23(16-25)17-26(21(27)15-24(23)2)20-7-5-4-6-8-20/h4-12H,3,13-17H2,1-2H3/t23-/m0/s1. The van der Waals surface area contributed by atoms with Crippen LogP contribution >= 0.6 is 0 Å². The largest absolute Gasteiger partial charge is 0.337 e. The maximum atomic E-state index is 13.0. The monoisotopic (exact) mass is 377 g/mol. The SMILES string of the molecule is CCc1ccc(C(=O)N2CC[C@]3(C2)CN(c2ccccc2)C(=O)CN3C)cc1. The maximum absolute atomic E-state index is 13.0. The van der Waals surface area contributed by atoms with Gasteiger partial charge in [0.1, 0.15) is 0 Å². The third-order valence-corrected chi connectivity index (χ3v) is 6.23. The summed E-state index contributed by atoms with van der Waals surface area (Å²) in [4.78, 5) is 31.6. The van der Waals surface area contributed by atoms with Gasteiger partial charge in [-0.15, -0.1) is 0 Å². The maximum Gasteiger partial charge on any atom is 0.253 e. The summed E-state index contributed by atoms with van der Waals surface area (Å²) in [6.45, 7) is 4.47. The molecule has 5 nitrogen and oxygen atoms in total. The van der Waals surface area contributed by atoms with Gasteiger partial charge in [-0.2, -0.15) is 0 Å². The molecule has 0 aliphatic carbocycles. The zero-order valence-electron chi connectivity index (χ0n) is 16.6. The summed E-state index contributed by atoms with van der Waals surface area (Å²) in [5.41, 5.74) is 2.71. The molecular weight excluding hydrogens is 350 g/mol. The summed E-state index contributed by atoms with van der Waals surface area (Å²) < 4.78 is 0. The summed E-state index contributed by atoms with van der Waals surface area (Å²) >= 11 is 0. The predicted molar refractivity (Wildman–Crippen MR) is 110 cm³/mol. The number of carbonyl (C=O) groups excluding carboxylic acids is 2. The van der Waals surface area contributed by atoms with Crippen LogP contribution in [0.15, 0.2) is 54.6 Å². The molecule has 0 aromatic heterocycles. The fourth-order valence-corrected chi connectivity index (χ4v) is 4.34. The summed E-state index contributed by atoms with van der Waals surface area (Å²) in [7, 11) is 2.00. The minimum Gasteiger partial charge on any atom is -0.337 e. The van der Waals surface area contributed by atoms with Crippen molar-refractivity contribution < 1.29 is 9.59 Å². The van der Waals surface area contributed by atoms with Crippen molar-refractivity contribution in [2.24, 2.45) is 0 Å². The van der Waals surface area contributed by atoms with Gasteiger partial charge in [0.15, 0.2) is 0 Å². The van der Waals surface area contributed by atoms with E-state index in [-0.39, 0.29) is 17.4 Å². The zero-order valence-corrected chi connectivity index (χ0v) is 16.6. The molecule has 0 radical (unpaired) electrons. The second kappa shape index (κ2) is 7.40. The topological polar surface area (TPSA) is 43.9 Å². The molecule has 1 spiro atoms. The second-order valence-electron chi connectivity index (χ2n) is 7.92. The van der Waals surface area contributed by atoms with Gasteiger partial charge in [0.2, 0.25) is 5.91 Å². The lowest BCUT2D eigenvalue weighted by Crippen LogP contribution is -2.64. The van der Waals surface area contributed by atoms with E-state index in [0.29, 0.717) is 19.6 Å². The van der Waals surface area contributed by atoms with E-state index in [0.717, 1.165) is 30.6 Å². The highest BCUT2D eigenvalue weighted by atomic mass is 16.2. The number of amides is 2. The van der Waals surface area contributed by atoms with Gasteiger partial charge in [0.25, 0.3) is 5.91 Å². The van der Waals surface area contributed by atoms with Gasteiger partial charge in [-0.25, -0.2) is 0 Å². The molecule has 2 aromatic rings. The third-order valence-electron chi connectivity index (χ3n) is 6.23. The lowest BCUT2D eigenvalue weighted by Gasteiger charge is -2.46. The van der Waals surface area contributed by atoms with Crippen molar-refractivity contribution in [2.45, 2.75) is 25.3 Å². The first-order chi connectivity index (χ1) is 13.5. The Balaban J connectivity index is 1.53. The predicted octanol–water partition coefficient (Wildman–Crippen LogP) is 2.81. The number of anilines is 1. The van der Waals surface area contributed by atoms with Crippen LogP contribution in [0.4, 0.5) is 5.69 Å². The van der Waals surface area contributed by atoms with Crippen LogP contribution in [0.1, 0.15) is 29.3 Å². The van der Waals surface area contributed by atoms with E-state index in [1.165, 1.54) is 5.56 Å². The first-order valence-corrected chi connectivity index (χ1v) is 9.97. The number of piperazine rings is 1. The van der Waals surface area contributed by atoms with Gasteiger partial charge in [0, 0.05) is 30.9 Å². The molecule has 2 saturated heterocycles. The van der Waals surface area contributed by atoms with Crippen LogP contribution in [-0.4, -0.2) is 60.4 Å². The molecule has 0 unspecified atom stereocenters. The minimum absolute atomic E-state index is 0.0797. The number of hydrogen-bond donors (Lipinski definition) is 0. The van der Waals surface area contributed by atoms with Crippen molar-refractivity contribution in [3.63, 3.8) is 0 Å². The second-order valence-corrected chi connectivity index (χ2v) is 7.92. The molecule has 2 aliphatic heterocycles. The quantitative estimate of drug-likeness (QED) is 0.826. The summed E-state index contributed by atoms with van der Waals surface area (Å²) in [5.74, 6) is 0.190. The Morgan fingerprint density at radius 3 is 2.43 bits per heavy atom. The van der Waals surface area contributed by atoms with Crippen molar-refractivity contribution in [1.82, 2.24) is 9.80 Å². The normalized spacial score (nSPS) is 22.9. The van der Waals surface area contributed by atoms with Crippen molar-refractivity contribution in [3.05, 3.63) is 65.7 Å². The van der Waals surface area contributed by atoms with E-state index < -0.39 is 0 Å². The molecule has 0 saturated carbocycles. The Labute approximate surface area is 166 Å². The molecule has 5 heteroatoms. The summed E-state index contributed by atoms with van der Waals surface area (Å²) in [6, 6.07) is 17.7. The van der Waals surface area contributed by atoms with Crippen molar-refractivity contribution in [1.29, 1.82) is 0 Å². The highest BCUT2D eigenvalue weighted by molar-refractivity contribution is 5.97. The molecule has 2 amide bonds. The molecule has 146 valence electrons. The van der Waals surface area contributed by atoms with Gasteiger partial charge < -0.3 is 9.80 Å². The number of likely N-dealkylation sites (N-methyl/N-ethyl adjacent to an activating group) is 1. The number of likely N-dealkylation sites (tertiary alicyclic amines) is 1. The summed E-state index contributed by atoms with van der Waals surface area (Å²) in [5, 5.41) is 0. The molecule has 2 heterocycles. The number of carbonyl (C=O) groups is 2. The van der Waals surface area contributed by atoms with Crippen molar-refractivity contribution in [2.75, 3.05) is 38.1 Å². The van der Waals surface area contributed by atoms with Gasteiger partial charge in [0.05, 0.1) is 12.1 Å². The minimum atomic E-state index is -0.192. The van der Waals surface area contributed by atoms with Gasteiger partial charge >= 0.3 is 0 Å². The molecule has 0 bridgehead atoms. The highest BCUT2D eigenvalue weighted by Crippen LogP contribution is 2.34. The van der Waals surface area contributed by atoms with Crippen LogP contribution < -0.4 is 4.90 Å². The average Bonchev–Trinajstić information content (AvgIpc) is 3.16. The first-order valence-electron chi connectivity index (χ1n) is 9.97. The van der Waals surface area contributed by atoms with Crippen LogP contribution in [0.3, 0.4) is 0 Å². The number of benzene rings is 2. The van der Waals surface area contributed by atoms with Crippen LogP contribution in [0, 0.1) is 0 Å². The van der Waals surface area contributed by atoms with E-state index in [1.54, 1.807) is 0 Å². The van der Waals surface area contributed by atoms with Crippen molar-refractivity contribution in [3.8, 4) is 0 Å². The van der Waals surface area contributed by atoms with Gasteiger partial charge in [-0.1, -0.05) is 37.3 Å². The number of para-hydroxylation sites is 1. The van der Waals surface area contributed by atoms with Crippen molar-refractivity contribution >= 4 is 17.5 Å². The smallest absolute Gasteiger partial charge is 0.253 e. The molecule has 2 aromatic carbocycles. The van der Waals surface area contributed by atoms with E-state index in [1.807, 2.05) is 71.4 Å². The van der Waals surface area contributed by atoms with E-state index in [4.69, 9.17) is 0 Å². The van der Waals surface area contributed by atoms with Crippen LogP contribution in [0.25, 0.3) is 0 Å². The molecular formula is C23H27N3O2. The Morgan fingerprint density at radius 2 is 1.75 bits per heavy atom. The number of aryl methyl sites for hydroxylation is 1. The Hall–Kier alpha value is -2.66. The zero-order chi connectivity index (χ0) is 19.7. The summed E-state index contributed by atoms with van der Waals surface area (Å²) in [6.07, 6.45) is 1.84. The van der Waals surface area contributed by atoms with Crippen LogP contribution in [0.5, 0.6) is 0 Å². The molecule has 2 fully saturated rings. The number of hydrogen-bond acceptors (Lipinski definition) is 3. The molecule has 1 atom stereocenters. The fraction of sp³-hybridized carbons (Fsp3) is 0.391. The molecule has 2 aliphatic rings. The van der Waals surface area contributed by atoms with Gasteiger partial charge in [-0.05, 0) is 49.7 Å². The van der Waals surface area contributed by atoms with Gasteiger partial charge in [-0.3, -0.25) is 14.5 Å². The molecule has 0 N–H and O–H groups in total. The van der Waals surface area contributed by atoms with Crippen LogP contribution in [-0.2, 0) is 11.2 Å². The van der Waals surface area contributed by atoms with E-state index in [9.17, 15) is 9.59 Å². The Morgan fingerprint density at radius 1 is 1.04 bits per heavy atom. The van der Waals surface area contributed by atoms with E-state index >= 15 is 0 Å². The third kappa shape index (κ3) is 3.31. The fourth-order valence-electron chi connectivity index (χ4n) is 4.34. The molecule has 28 heavy (non-hydrogen) atoms. The Bertz CT molecular complexity index is 865. The average molecular weight is 377 g/mol. The highest BCUT2D eigenvalue weighted by Gasteiger charge is 2.48. The molecule has 4 rings (SSSR count). The number of nitrogens with zero attached hydrogens (tertiary/aromatic N) is 3. The lowest BCUT2D eigenvalue weighted by molar-refractivity contribution is -0.123. The van der Waals surface area contributed by atoms with Crippen LogP contribution in [0.2, 0.25) is 0 Å². The number of rotatable bonds is 3. The Kier molecular flexibility index (Phi) is 4.94. The first kappa shape index (κ1) is 18.7.